The molecule has 0 spiro atoms. The zero-order valence-electron chi connectivity index (χ0n) is 10.6. The van der Waals surface area contributed by atoms with Gasteiger partial charge in [0.25, 0.3) is 0 Å². The first kappa shape index (κ1) is 11.8. The summed E-state index contributed by atoms with van der Waals surface area (Å²) in [6.07, 6.45) is 0. The smallest absolute Gasteiger partial charge is 0.128 e. The molecule has 19 heavy (non-hydrogen) atoms. The number of hydrogen-bond donors (Lipinski definition) is 1. The van der Waals surface area contributed by atoms with Crippen molar-refractivity contribution in [1.29, 1.82) is 0 Å². The number of nitrogens with one attached hydrogen (secondary N) is 1. The van der Waals surface area contributed by atoms with Crippen LogP contribution in [0.15, 0.2) is 48.5 Å². The molecule has 0 unspecified atom stereocenters. The van der Waals surface area contributed by atoms with E-state index in [4.69, 9.17) is 4.74 Å². The topological polar surface area (TPSA) is 25.0 Å². The van der Waals surface area contributed by atoms with Crippen LogP contribution in [-0.4, -0.2) is 4.98 Å². The molecule has 0 atom stereocenters. The third kappa shape index (κ3) is 2.60. The molecular weight excluding hydrogens is 241 g/mol. The number of benzene rings is 2. The van der Waals surface area contributed by atoms with Crippen LogP contribution >= 0.6 is 0 Å². The Balaban J connectivity index is 1.78. The number of H-pyrrole nitrogens is 1. The second kappa shape index (κ2) is 4.76. The maximum atomic E-state index is 13.1. The fourth-order valence-corrected chi connectivity index (χ4v) is 2.10. The summed E-state index contributed by atoms with van der Waals surface area (Å²) in [6, 6.07) is 14.6. The molecule has 3 heteroatoms. The quantitative estimate of drug-likeness (QED) is 0.745. The standard InChI is InChI=1S/C16H14FNO/c1-11-3-2-4-15(7-11)19-10-14-8-12-5-6-13(17)9-16(12)18-14/h2-9,18H,10H2,1H3. The highest BCUT2D eigenvalue weighted by atomic mass is 19.1. The van der Waals surface area contributed by atoms with Crippen molar-refractivity contribution in [3.8, 4) is 5.75 Å². The van der Waals surface area contributed by atoms with Crippen molar-refractivity contribution in [2.24, 2.45) is 0 Å². The van der Waals surface area contributed by atoms with Crippen molar-refractivity contribution in [3.63, 3.8) is 0 Å². The second-order valence-corrected chi connectivity index (χ2v) is 4.63. The van der Waals surface area contributed by atoms with E-state index in [0.29, 0.717) is 6.61 Å². The molecule has 0 saturated heterocycles. The molecule has 0 aliphatic carbocycles. The Labute approximate surface area is 110 Å². The van der Waals surface area contributed by atoms with E-state index in [0.717, 1.165) is 27.9 Å². The fourth-order valence-electron chi connectivity index (χ4n) is 2.10. The third-order valence-corrected chi connectivity index (χ3v) is 3.02. The first-order chi connectivity index (χ1) is 9.20. The van der Waals surface area contributed by atoms with E-state index in [1.54, 1.807) is 6.07 Å². The normalized spacial score (nSPS) is 10.8. The van der Waals surface area contributed by atoms with E-state index >= 15 is 0 Å². The van der Waals surface area contributed by atoms with Gasteiger partial charge in [-0.1, -0.05) is 12.1 Å². The molecule has 0 radical (unpaired) electrons. The lowest BCUT2D eigenvalue weighted by Crippen LogP contribution is -1.95. The zero-order valence-corrected chi connectivity index (χ0v) is 10.6. The van der Waals surface area contributed by atoms with Crippen LogP contribution in [0.25, 0.3) is 10.9 Å². The molecule has 0 aliphatic heterocycles. The Bertz CT molecular complexity index is 718. The molecule has 0 amide bonds. The minimum Gasteiger partial charge on any atom is -0.487 e. The van der Waals surface area contributed by atoms with Gasteiger partial charge in [-0.25, -0.2) is 4.39 Å². The number of aryl methyl sites for hydroxylation is 1. The van der Waals surface area contributed by atoms with Crippen molar-refractivity contribution >= 4 is 10.9 Å². The molecule has 1 aromatic heterocycles. The van der Waals surface area contributed by atoms with Gasteiger partial charge in [-0.05, 0) is 54.3 Å². The molecule has 0 fully saturated rings. The monoisotopic (exact) mass is 255 g/mol. The van der Waals surface area contributed by atoms with E-state index in [9.17, 15) is 4.39 Å². The van der Waals surface area contributed by atoms with Gasteiger partial charge in [0.1, 0.15) is 18.2 Å². The Hall–Kier alpha value is -2.29. The number of fused-ring (bicyclic) bond motifs is 1. The van der Waals surface area contributed by atoms with Crippen LogP contribution < -0.4 is 4.74 Å². The minimum atomic E-state index is -0.236. The number of hydrogen-bond acceptors (Lipinski definition) is 1. The van der Waals surface area contributed by atoms with Gasteiger partial charge in [0.05, 0.1) is 5.69 Å². The van der Waals surface area contributed by atoms with Gasteiger partial charge in [0, 0.05) is 5.52 Å². The molecule has 2 nitrogen and oxygen atoms in total. The van der Waals surface area contributed by atoms with Gasteiger partial charge in [-0.2, -0.15) is 0 Å². The number of halogens is 1. The number of rotatable bonds is 3. The summed E-state index contributed by atoms with van der Waals surface area (Å²) in [6.45, 7) is 2.47. The maximum absolute atomic E-state index is 13.1. The molecule has 2 aromatic carbocycles. The molecule has 96 valence electrons. The average Bonchev–Trinajstić information content (AvgIpc) is 2.78. The molecule has 0 saturated carbocycles. The summed E-state index contributed by atoms with van der Waals surface area (Å²) in [5.41, 5.74) is 2.89. The van der Waals surface area contributed by atoms with Crippen molar-refractivity contribution in [2.45, 2.75) is 13.5 Å². The Morgan fingerprint density at radius 3 is 2.84 bits per heavy atom. The Morgan fingerprint density at radius 2 is 2.00 bits per heavy atom. The van der Waals surface area contributed by atoms with Crippen molar-refractivity contribution in [3.05, 3.63) is 65.6 Å². The van der Waals surface area contributed by atoms with Crippen LogP contribution in [0.2, 0.25) is 0 Å². The summed E-state index contributed by atoms with van der Waals surface area (Å²) in [5.74, 6) is 0.602. The van der Waals surface area contributed by atoms with Gasteiger partial charge in [-0.3, -0.25) is 0 Å². The summed E-state index contributed by atoms with van der Waals surface area (Å²) in [7, 11) is 0. The van der Waals surface area contributed by atoms with Crippen LogP contribution in [0.5, 0.6) is 5.75 Å². The highest BCUT2D eigenvalue weighted by Gasteiger charge is 2.03. The van der Waals surface area contributed by atoms with Gasteiger partial charge < -0.3 is 9.72 Å². The van der Waals surface area contributed by atoms with Gasteiger partial charge in [-0.15, -0.1) is 0 Å². The van der Waals surface area contributed by atoms with Crippen molar-refractivity contribution in [1.82, 2.24) is 4.98 Å². The van der Waals surface area contributed by atoms with Crippen molar-refractivity contribution < 1.29 is 9.13 Å². The Kier molecular flexibility index (Phi) is 2.95. The van der Waals surface area contributed by atoms with E-state index in [-0.39, 0.29) is 5.82 Å². The predicted octanol–water partition coefficient (Wildman–Crippen LogP) is 4.19. The summed E-state index contributed by atoms with van der Waals surface area (Å²) < 4.78 is 18.8. The lowest BCUT2D eigenvalue weighted by molar-refractivity contribution is 0.302. The first-order valence-electron chi connectivity index (χ1n) is 6.17. The maximum Gasteiger partial charge on any atom is 0.128 e. The first-order valence-corrected chi connectivity index (χ1v) is 6.17. The zero-order chi connectivity index (χ0) is 13.2. The van der Waals surface area contributed by atoms with E-state index < -0.39 is 0 Å². The number of ether oxygens (including phenoxy) is 1. The van der Waals surface area contributed by atoms with Gasteiger partial charge >= 0.3 is 0 Å². The highest BCUT2D eigenvalue weighted by molar-refractivity contribution is 5.80. The molecule has 3 rings (SSSR count). The van der Waals surface area contributed by atoms with Crippen LogP contribution in [0.1, 0.15) is 11.3 Å². The largest absolute Gasteiger partial charge is 0.487 e. The van der Waals surface area contributed by atoms with Crippen LogP contribution in [0.4, 0.5) is 4.39 Å². The molecule has 0 bridgehead atoms. The average molecular weight is 255 g/mol. The molecule has 1 N–H and O–H groups in total. The van der Waals surface area contributed by atoms with Crippen LogP contribution in [-0.2, 0) is 6.61 Å². The second-order valence-electron chi connectivity index (χ2n) is 4.63. The molecule has 0 aliphatic rings. The van der Waals surface area contributed by atoms with E-state index in [1.807, 2.05) is 37.3 Å². The van der Waals surface area contributed by atoms with E-state index in [1.165, 1.54) is 12.1 Å². The summed E-state index contributed by atoms with van der Waals surface area (Å²) in [5, 5.41) is 0.990. The molecular formula is C16H14FNO. The molecule has 1 heterocycles. The highest BCUT2D eigenvalue weighted by Crippen LogP contribution is 2.19. The lowest BCUT2D eigenvalue weighted by Gasteiger charge is -2.05. The third-order valence-electron chi connectivity index (χ3n) is 3.02. The number of aromatic nitrogens is 1. The van der Waals surface area contributed by atoms with Gasteiger partial charge in [0.2, 0.25) is 0 Å². The Morgan fingerprint density at radius 1 is 1.11 bits per heavy atom. The fraction of sp³-hybridized carbons (Fsp3) is 0.125. The molecule has 3 aromatic rings. The van der Waals surface area contributed by atoms with Crippen LogP contribution in [0, 0.1) is 12.7 Å². The predicted molar refractivity (Wildman–Crippen MR) is 73.8 cm³/mol. The SMILES string of the molecule is Cc1cccc(OCc2cc3ccc(F)cc3[nH]2)c1. The van der Waals surface area contributed by atoms with Crippen LogP contribution in [0.3, 0.4) is 0 Å². The van der Waals surface area contributed by atoms with Crippen molar-refractivity contribution in [2.75, 3.05) is 0 Å². The summed E-state index contributed by atoms with van der Waals surface area (Å²) in [4.78, 5) is 3.16. The summed E-state index contributed by atoms with van der Waals surface area (Å²) >= 11 is 0. The van der Waals surface area contributed by atoms with E-state index in [2.05, 4.69) is 4.98 Å². The lowest BCUT2D eigenvalue weighted by atomic mass is 10.2. The minimum absolute atomic E-state index is 0.236. The number of aromatic amines is 1. The van der Waals surface area contributed by atoms with Gasteiger partial charge in [0.15, 0.2) is 0 Å².